The van der Waals surface area contributed by atoms with E-state index in [-0.39, 0.29) is 53.6 Å². The highest BCUT2D eigenvalue weighted by Crippen LogP contribution is 2.55. The molecule has 1 amide bonds. The fraction of sp³-hybridized carbons (Fsp3) is 0.298. The second-order valence-electron chi connectivity index (χ2n) is 20.0. The fourth-order valence-corrected chi connectivity index (χ4v) is 12.3. The van der Waals surface area contributed by atoms with Crippen LogP contribution in [0.25, 0.3) is 11.2 Å². The van der Waals surface area contributed by atoms with Gasteiger partial charge in [0.25, 0.3) is 11.1 Å². The second-order valence-corrected chi connectivity index (χ2v) is 23.7. The average Bonchev–Trinajstić information content (AvgIpc) is 4.18. The summed E-state index contributed by atoms with van der Waals surface area (Å²) in [4.78, 5) is 77.0. The summed E-state index contributed by atoms with van der Waals surface area (Å²) < 4.78 is 94.0. The number of benzene rings is 5. The maximum atomic E-state index is 15.8. The number of nitrogens with one attached hydrogen (secondary N) is 3. The standard InChI is InChI=1S/C57H57Cl2N7O17P2/c1-33(2)52(67)62-55-61-51-50(54(69)63-55)60-32-66(51)49-27-44(82-84(71,72)80-42-23-15-38(58)16-24-42)47(79-49)31-77-85(73,81-43-25-17-39(59)18-26-43)83-45-28-48(65-29-34(3)53(68)64-56(65)70)78-46(45)30-76-57(35-9-7-6-8-10-35,36-11-19-40(74-4)20-12-36)37-13-21-41(75-5)22-14-37/h6-26,29,32-33,44-49H,27-28,30-31H2,1-5H3,(H,71,72)(H,64,68,70)(H2,61,62,63,67,69)/t44-,45-,46+,47+,48+,49+,85?/m0/s1. The van der Waals surface area contributed by atoms with Crippen molar-refractivity contribution >= 4 is 61.9 Å². The number of imidazole rings is 1. The molecule has 5 aromatic carbocycles. The Labute approximate surface area is 495 Å². The predicted octanol–water partition coefficient (Wildman–Crippen LogP) is 9.63. The summed E-state index contributed by atoms with van der Waals surface area (Å²) in [5.41, 5.74) is -1.54. The molecule has 0 bridgehead atoms. The van der Waals surface area contributed by atoms with Crippen molar-refractivity contribution in [3.05, 3.63) is 203 Å². The number of carbonyl (C=O) groups excluding carboxylic acids is 1. The van der Waals surface area contributed by atoms with E-state index in [0.29, 0.717) is 38.2 Å². The van der Waals surface area contributed by atoms with Gasteiger partial charge in [0.1, 0.15) is 65.5 Å². The van der Waals surface area contributed by atoms with E-state index < -0.39 is 93.4 Å². The Morgan fingerprint density at radius 1 is 0.718 bits per heavy atom. The monoisotopic (exact) mass is 1240 g/mol. The minimum atomic E-state index is -5.07. The number of aromatic nitrogens is 6. The summed E-state index contributed by atoms with van der Waals surface area (Å²) in [7, 11) is -7.03. The van der Waals surface area contributed by atoms with Gasteiger partial charge in [-0.05, 0) is 96.4 Å². The van der Waals surface area contributed by atoms with Gasteiger partial charge >= 0.3 is 21.3 Å². The van der Waals surface area contributed by atoms with Gasteiger partial charge < -0.3 is 32.7 Å². The Hall–Kier alpha value is -7.44. The number of hydrogen-bond acceptors (Lipinski definition) is 18. The predicted molar refractivity (Wildman–Crippen MR) is 310 cm³/mol. The van der Waals surface area contributed by atoms with E-state index in [1.54, 1.807) is 52.3 Å². The van der Waals surface area contributed by atoms with Crippen molar-refractivity contribution in [2.45, 2.75) is 76.1 Å². The number of phosphoric acid groups is 2. The number of rotatable bonds is 23. The molecule has 5 heterocycles. The van der Waals surface area contributed by atoms with E-state index in [1.165, 1.54) is 77.1 Å². The van der Waals surface area contributed by atoms with Crippen LogP contribution in [0.5, 0.6) is 23.0 Å². The SMILES string of the molecule is COc1ccc(C(OC[C@H]2O[C@@H](n3cc(C)c(=O)[nH]c3=O)C[C@@H]2OP(=O)(OC[C@H]2O[C@@H](n3cnc4c(=O)[nH]c(NC(=O)C(C)C)nc43)C[C@@H]2OP(=O)(O)Oc2ccc(Cl)cc2)Oc2ccc(Cl)cc2)(c2ccccc2)c2ccc(OC)cc2)cc1. The van der Waals surface area contributed by atoms with Gasteiger partial charge in [0.2, 0.25) is 11.9 Å². The topological polar surface area (TPSA) is 294 Å². The van der Waals surface area contributed by atoms with Crippen LogP contribution in [0.2, 0.25) is 10.0 Å². The molecule has 8 aromatic rings. The van der Waals surface area contributed by atoms with Crippen molar-refractivity contribution in [2.24, 2.45) is 5.92 Å². The van der Waals surface area contributed by atoms with Gasteiger partial charge in [-0.3, -0.25) is 57.3 Å². The molecule has 0 radical (unpaired) electrons. The van der Waals surface area contributed by atoms with Gasteiger partial charge in [-0.1, -0.05) is 91.6 Å². The first-order valence-electron chi connectivity index (χ1n) is 26.5. The number of nitrogens with zero attached hydrogens (tertiary/aromatic N) is 4. The number of halogens is 2. The molecule has 3 aromatic heterocycles. The third kappa shape index (κ3) is 13.8. The van der Waals surface area contributed by atoms with Gasteiger partial charge in [0.05, 0.1) is 33.8 Å². The maximum absolute atomic E-state index is 15.8. The number of hydrogen-bond donors (Lipinski definition) is 4. The van der Waals surface area contributed by atoms with Gasteiger partial charge in [-0.25, -0.2) is 18.9 Å². The van der Waals surface area contributed by atoms with E-state index in [1.807, 2.05) is 54.6 Å². The Kier molecular flexibility index (Phi) is 18.3. The molecule has 2 unspecified atom stereocenters. The molecule has 8 atom stereocenters. The third-order valence-electron chi connectivity index (χ3n) is 14.0. The van der Waals surface area contributed by atoms with Crippen molar-refractivity contribution in [1.82, 2.24) is 29.1 Å². The number of phosphoric ester groups is 2. The van der Waals surface area contributed by atoms with E-state index in [4.69, 9.17) is 69.5 Å². The Balaban J connectivity index is 1.02. The molecule has 2 aliphatic rings. The molecule has 85 heavy (non-hydrogen) atoms. The van der Waals surface area contributed by atoms with Crippen molar-refractivity contribution in [2.75, 3.05) is 32.8 Å². The first-order chi connectivity index (χ1) is 40.7. The maximum Gasteiger partial charge on any atom is 0.530 e. The Morgan fingerprint density at radius 2 is 1.25 bits per heavy atom. The zero-order chi connectivity index (χ0) is 60.2. The largest absolute Gasteiger partial charge is 0.530 e. The number of aryl methyl sites for hydroxylation is 1. The lowest BCUT2D eigenvalue weighted by atomic mass is 9.80. The molecule has 2 saturated heterocycles. The lowest BCUT2D eigenvalue weighted by molar-refractivity contribution is -0.118. The lowest BCUT2D eigenvalue weighted by Crippen LogP contribution is -2.38. The molecule has 0 spiro atoms. The van der Waals surface area contributed by atoms with Crippen LogP contribution >= 0.6 is 38.8 Å². The van der Waals surface area contributed by atoms with Crippen LogP contribution in [0.3, 0.4) is 0 Å². The van der Waals surface area contributed by atoms with Gasteiger partial charge in [-0.15, -0.1) is 0 Å². The Bertz CT molecular complexity index is 3900. The number of amides is 1. The molecular formula is C57H57Cl2N7O17P2. The molecule has 2 aliphatic heterocycles. The molecule has 10 rings (SSSR count). The smallest absolute Gasteiger partial charge is 0.497 e. The van der Waals surface area contributed by atoms with Crippen molar-refractivity contribution in [1.29, 1.82) is 0 Å². The normalized spacial score (nSPS) is 20.2. The summed E-state index contributed by atoms with van der Waals surface area (Å²) in [6.45, 7) is 3.72. The number of H-pyrrole nitrogens is 2. The minimum absolute atomic E-state index is 0.0404. The van der Waals surface area contributed by atoms with Crippen molar-refractivity contribution in [3.8, 4) is 23.0 Å². The van der Waals surface area contributed by atoms with Gasteiger partial charge in [0.15, 0.2) is 11.2 Å². The number of carbonyl (C=O) groups is 1. The van der Waals surface area contributed by atoms with E-state index in [0.717, 1.165) is 0 Å². The number of aromatic amines is 2. The molecular weight excluding hydrogens is 1190 g/mol. The van der Waals surface area contributed by atoms with Gasteiger partial charge in [-0.2, -0.15) is 4.98 Å². The first kappa shape index (κ1) is 60.7. The quantitative estimate of drug-likeness (QED) is 0.0342. The summed E-state index contributed by atoms with van der Waals surface area (Å²) >= 11 is 12.4. The highest BCUT2D eigenvalue weighted by molar-refractivity contribution is 7.49. The highest BCUT2D eigenvalue weighted by Gasteiger charge is 2.49. The molecule has 24 nitrogen and oxygen atoms in total. The number of fused-ring (bicyclic) bond motifs is 1. The molecule has 28 heteroatoms. The third-order valence-corrected chi connectivity index (χ3v) is 16.9. The highest BCUT2D eigenvalue weighted by atomic mass is 35.5. The van der Waals surface area contributed by atoms with Crippen molar-refractivity contribution in [3.63, 3.8) is 0 Å². The second kappa shape index (κ2) is 25.6. The van der Waals surface area contributed by atoms with Crippen LogP contribution in [0.1, 0.15) is 61.4 Å². The average molecular weight is 1240 g/mol. The summed E-state index contributed by atoms with van der Waals surface area (Å²) in [5.74, 6) is -0.0626. The van der Waals surface area contributed by atoms with Crippen LogP contribution in [0.4, 0.5) is 5.95 Å². The summed E-state index contributed by atoms with van der Waals surface area (Å²) in [5, 5.41) is 3.20. The zero-order valence-corrected chi connectivity index (χ0v) is 49.4. The van der Waals surface area contributed by atoms with Crippen LogP contribution in [-0.2, 0) is 47.3 Å². The number of anilines is 1. The van der Waals surface area contributed by atoms with E-state index in [9.17, 15) is 28.6 Å². The zero-order valence-electron chi connectivity index (χ0n) is 46.1. The van der Waals surface area contributed by atoms with Crippen LogP contribution < -0.4 is 40.6 Å². The summed E-state index contributed by atoms with van der Waals surface area (Å²) in [6.07, 6.45) is -5.70. The molecule has 446 valence electrons. The lowest BCUT2D eigenvalue weighted by Gasteiger charge is -2.37. The fourth-order valence-electron chi connectivity index (χ4n) is 9.66. The molecule has 2 fully saturated rings. The minimum Gasteiger partial charge on any atom is -0.497 e. The molecule has 4 N–H and O–H groups in total. The number of ether oxygens (including phenoxy) is 5. The number of methoxy groups -OCH3 is 2. The summed E-state index contributed by atoms with van der Waals surface area (Å²) in [6, 6.07) is 35.3. The molecule has 0 saturated carbocycles. The van der Waals surface area contributed by atoms with E-state index in [2.05, 4.69) is 25.3 Å². The van der Waals surface area contributed by atoms with E-state index >= 15 is 4.57 Å². The van der Waals surface area contributed by atoms with Crippen LogP contribution in [0, 0.1) is 12.8 Å². The van der Waals surface area contributed by atoms with Gasteiger partial charge in [0, 0.05) is 40.6 Å². The van der Waals surface area contributed by atoms with Crippen molar-refractivity contribution < 1.29 is 65.1 Å². The van der Waals surface area contributed by atoms with Crippen LogP contribution in [0.15, 0.2) is 154 Å². The molecule has 0 aliphatic carbocycles. The Morgan fingerprint density at radius 3 is 1.82 bits per heavy atom. The van der Waals surface area contributed by atoms with Crippen LogP contribution in [-0.4, -0.2) is 91.7 Å². The first-order valence-corrected chi connectivity index (χ1v) is 30.2.